The highest BCUT2D eigenvalue weighted by Crippen LogP contribution is 2.30. The van der Waals surface area contributed by atoms with E-state index in [1.807, 2.05) is 0 Å². The third-order valence-corrected chi connectivity index (χ3v) is 5.81. The third kappa shape index (κ3) is 4.07. The van der Waals surface area contributed by atoms with Gasteiger partial charge in [0.1, 0.15) is 6.04 Å². The third-order valence-electron chi connectivity index (χ3n) is 5.81. The van der Waals surface area contributed by atoms with Crippen LogP contribution in [0.15, 0.2) is 0 Å². The number of nitrogens with one attached hydrogen (secondary N) is 2. The van der Waals surface area contributed by atoms with Crippen LogP contribution in [0, 0.1) is 0 Å². The van der Waals surface area contributed by atoms with Crippen LogP contribution in [0.25, 0.3) is 0 Å². The molecule has 3 fully saturated rings. The number of carbonyl (C=O) groups is 3. The molecule has 1 heterocycles. The fourth-order valence-electron chi connectivity index (χ4n) is 4.47. The summed E-state index contributed by atoms with van der Waals surface area (Å²) in [6.45, 7) is 0. The number of hydrogen-bond acceptors (Lipinski definition) is 4. The number of fused-ring (bicyclic) bond motifs is 1. The van der Waals surface area contributed by atoms with E-state index in [0.29, 0.717) is 0 Å². The average Bonchev–Trinajstić information content (AvgIpc) is 2.62. The van der Waals surface area contributed by atoms with Crippen LogP contribution in [-0.2, 0) is 14.3 Å². The standard InChI is InChI=1S/C18H29N3O4/c1-25-16(22)11-15-17(23)20-13-9-5-6-10-14(13)21(15)18(24)19-12-7-3-2-4-8-12/h12-15H,2-11H2,1H3,(H,19,24)(H,20,23)/t13-,14-,15-/m1/s1. The molecule has 0 unspecified atom stereocenters. The van der Waals surface area contributed by atoms with Crippen molar-refractivity contribution in [2.75, 3.05) is 7.11 Å². The zero-order chi connectivity index (χ0) is 17.8. The van der Waals surface area contributed by atoms with Crippen molar-refractivity contribution >= 4 is 17.9 Å². The Balaban J connectivity index is 1.77. The Morgan fingerprint density at radius 3 is 2.52 bits per heavy atom. The smallest absolute Gasteiger partial charge is 0.318 e. The molecule has 0 spiro atoms. The summed E-state index contributed by atoms with van der Waals surface area (Å²) in [6, 6.07) is -0.855. The quantitative estimate of drug-likeness (QED) is 0.758. The van der Waals surface area contributed by atoms with Crippen LogP contribution in [0.4, 0.5) is 4.79 Å². The Morgan fingerprint density at radius 2 is 1.80 bits per heavy atom. The van der Waals surface area contributed by atoms with Crippen molar-refractivity contribution in [3.05, 3.63) is 0 Å². The number of esters is 1. The molecule has 1 saturated heterocycles. The molecule has 3 amide bonds. The molecule has 7 heteroatoms. The molecule has 3 aliphatic rings. The number of amides is 3. The van der Waals surface area contributed by atoms with Gasteiger partial charge >= 0.3 is 12.0 Å². The molecule has 2 saturated carbocycles. The first-order valence-corrected chi connectivity index (χ1v) is 9.56. The summed E-state index contributed by atoms with van der Waals surface area (Å²) in [5.41, 5.74) is 0. The van der Waals surface area contributed by atoms with E-state index < -0.39 is 12.0 Å². The molecular weight excluding hydrogens is 322 g/mol. The molecule has 25 heavy (non-hydrogen) atoms. The van der Waals surface area contributed by atoms with Gasteiger partial charge in [0.25, 0.3) is 0 Å². The minimum Gasteiger partial charge on any atom is -0.469 e. The normalized spacial score (nSPS) is 30.2. The average molecular weight is 351 g/mol. The van der Waals surface area contributed by atoms with Gasteiger partial charge in [0, 0.05) is 12.1 Å². The molecule has 3 atom stereocenters. The number of nitrogens with zero attached hydrogens (tertiary/aromatic N) is 1. The van der Waals surface area contributed by atoms with Gasteiger partial charge in [-0.1, -0.05) is 32.1 Å². The van der Waals surface area contributed by atoms with E-state index in [0.717, 1.165) is 51.4 Å². The second kappa shape index (κ2) is 8.06. The van der Waals surface area contributed by atoms with Gasteiger partial charge in [0.15, 0.2) is 0 Å². The van der Waals surface area contributed by atoms with Crippen molar-refractivity contribution < 1.29 is 19.1 Å². The topological polar surface area (TPSA) is 87.7 Å². The Labute approximate surface area is 148 Å². The van der Waals surface area contributed by atoms with Crippen molar-refractivity contribution in [1.82, 2.24) is 15.5 Å². The molecule has 1 aliphatic heterocycles. The van der Waals surface area contributed by atoms with Gasteiger partial charge in [-0.3, -0.25) is 9.59 Å². The second-order valence-electron chi connectivity index (χ2n) is 7.45. The minimum atomic E-state index is -0.782. The molecule has 7 nitrogen and oxygen atoms in total. The van der Waals surface area contributed by atoms with E-state index in [1.165, 1.54) is 13.5 Å². The maximum absolute atomic E-state index is 13.0. The van der Waals surface area contributed by atoms with Crippen LogP contribution in [0.1, 0.15) is 64.2 Å². The van der Waals surface area contributed by atoms with Gasteiger partial charge in [-0.25, -0.2) is 4.79 Å². The van der Waals surface area contributed by atoms with E-state index in [4.69, 9.17) is 4.74 Å². The monoisotopic (exact) mass is 351 g/mol. The maximum atomic E-state index is 13.0. The molecule has 2 N–H and O–H groups in total. The number of piperazine rings is 1. The SMILES string of the molecule is COC(=O)C[C@@H]1C(=O)N[C@@H]2CCCC[C@H]2N1C(=O)NC1CCCCC1. The Kier molecular flexibility index (Phi) is 5.81. The Hall–Kier alpha value is -1.79. The molecular formula is C18H29N3O4. The number of urea groups is 1. The first-order valence-electron chi connectivity index (χ1n) is 9.56. The fraction of sp³-hybridized carbons (Fsp3) is 0.833. The number of hydrogen-bond donors (Lipinski definition) is 2. The van der Waals surface area contributed by atoms with Crippen molar-refractivity contribution in [3.63, 3.8) is 0 Å². The van der Waals surface area contributed by atoms with Gasteiger partial charge in [0.2, 0.25) is 5.91 Å². The van der Waals surface area contributed by atoms with Gasteiger partial charge in [-0.15, -0.1) is 0 Å². The van der Waals surface area contributed by atoms with Crippen LogP contribution in [0.3, 0.4) is 0 Å². The van der Waals surface area contributed by atoms with Gasteiger partial charge in [-0.2, -0.15) is 0 Å². The number of rotatable bonds is 3. The summed E-state index contributed by atoms with van der Waals surface area (Å²) in [5, 5.41) is 6.14. The van der Waals surface area contributed by atoms with Crippen molar-refractivity contribution in [1.29, 1.82) is 0 Å². The summed E-state index contributed by atoms with van der Waals surface area (Å²) in [6.07, 6.45) is 9.19. The van der Waals surface area contributed by atoms with Crippen molar-refractivity contribution in [3.8, 4) is 0 Å². The van der Waals surface area contributed by atoms with Crippen LogP contribution >= 0.6 is 0 Å². The van der Waals surface area contributed by atoms with E-state index in [1.54, 1.807) is 4.90 Å². The van der Waals surface area contributed by atoms with E-state index in [-0.39, 0.29) is 36.5 Å². The predicted molar refractivity (Wildman–Crippen MR) is 91.9 cm³/mol. The largest absolute Gasteiger partial charge is 0.469 e. The van der Waals surface area contributed by atoms with Crippen LogP contribution in [-0.4, -0.2) is 54.1 Å². The summed E-state index contributed by atoms with van der Waals surface area (Å²) >= 11 is 0. The van der Waals surface area contributed by atoms with E-state index >= 15 is 0 Å². The fourth-order valence-corrected chi connectivity index (χ4v) is 4.47. The first-order chi connectivity index (χ1) is 12.1. The van der Waals surface area contributed by atoms with Crippen molar-refractivity contribution in [2.24, 2.45) is 0 Å². The summed E-state index contributed by atoms with van der Waals surface area (Å²) in [4.78, 5) is 39.0. The molecule has 0 radical (unpaired) electrons. The predicted octanol–water partition coefficient (Wildman–Crippen LogP) is 1.70. The lowest BCUT2D eigenvalue weighted by atomic mass is 9.85. The van der Waals surface area contributed by atoms with E-state index in [2.05, 4.69) is 10.6 Å². The van der Waals surface area contributed by atoms with Gasteiger partial charge in [0.05, 0.1) is 19.6 Å². The van der Waals surface area contributed by atoms with E-state index in [9.17, 15) is 14.4 Å². The van der Waals surface area contributed by atoms with Crippen LogP contribution < -0.4 is 10.6 Å². The minimum absolute atomic E-state index is 0.00717. The van der Waals surface area contributed by atoms with Crippen LogP contribution in [0.5, 0.6) is 0 Å². The lowest BCUT2D eigenvalue weighted by molar-refractivity contribution is -0.147. The van der Waals surface area contributed by atoms with Gasteiger partial charge < -0.3 is 20.3 Å². The molecule has 0 aromatic rings. The zero-order valence-corrected chi connectivity index (χ0v) is 15.0. The number of ether oxygens (including phenoxy) is 1. The van der Waals surface area contributed by atoms with Crippen molar-refractivity contribution in [2.45, 2.75) is 88.4 Å². The molecule has 2 aliphatic carbocycles. The highest BCUT2D eigenvalue weighted by molar-refractivity contribution is 5.92. The lowest BCUT2D eigenvalue weighted by Gasteiger charge is -2.48. The maximum Gasteiger partial charge on any atom is 0.318 e. The Bertz CT molecular complexity index is 518. The second-order valence-corrected chi connectivity index (χ2v) is 7.45. The molecule has 0 bridgehead atoms. The lowest BCUT2D eigenvalue weighted by Crippen LogP contribution is -2.69. The molecule has 140 valence electrons. The first kappa shape index (κ1) is 18.0. The molecule has 0 aromatic carbocycles. The highest BCUT2D eigenvalue weighted by atomic mass is 16.5. The summed E-state index contributed by atoms with van der Waals surface area (Å²) in [7, 11) is 1.30. The highest BCUT2D eigenvalue weighted by Gasteiger charge is 2.46. The zero-order valence-electron chi connectivity index (χ0n) is 15.0. The van der Waals surface area contributed by atoms with Gasteiger partial charge in [-0.05, 0) is 25.7 Å². The Morgan fingerprint density at radius 1 is 1.12 bits per heavy atom. The summed E-state index contributed by atoms with van der Waals surface area (Å²) < 4.78 is 4.74. The number of carbonyl (C=O) groups excluding carboxylic acids is 3. The molecule has 0 aromatic heterocycles. The number of methoxy groups -OCH3 is 1. The summed E-state index contributed by atoms with van der Waals surface area (Å²) in [5.74, 6) is -0.711. The molecule has 3 rings (SSSR count). The van der Waals surface area contributed by atoms with Crippen LogP contribution in [0.2, 0.25) is 0 Å².